The molecule has 48 heavy (non-hydrogen) atoms. The second kappa shape index (κ2) is 16.2. The second-order valence-corrected chi connectivity index (χ2v) is 11.5. The van der Waals surface area contributed by atoms with Gasteiger partial charge in [-0.15, -0.1) is 0 Å². The first-order valence-electron chi connectivity index (χ1n) is 15.7. The van der Waals surface area contributed by atoms with Gasteiger partial charge in [-0.1, -0.05) is 115 Å². The van der Waals surface area contributed by atoms with Crippen LogP contribution in [-0.2, 0) is 22.7 Å². The molecule has 4 N–H and O–H groups in total. The number of aliphatic carboxylic acids is 2. The number of carboxylic acid groups (broad SMARTS) is 2. The number of phenols is 2. The minimum absolute atomic E-state index is 0.0270. The van der Waals surface area contributed by atoms with Crippen molar-refractivity contribution >= 4 is 23.1 Å². The molecule has 0 aliphatic carbocycles. The Bertz CT molecular complexity index is 1820. The molecule has 0 aliphatic rings. The number of rotatable bonds is 15. The number of hydrogen-bond acceptors (Lipinski definition) is 6. The zero-order valence-electron chi connectivity index (χ0n) is 26.4. The molecule has 0 radical (unpaired) electrons. The monoisotopic (exact) mass is 642 g/mol. The van der Waals surface area contributed by atoms with Crippen LogP contribution in [0.4, 0.5) is 0 Å². The molecule has 5 aromatic carbocycles. The fourth-order valence-corrected chi connectivity index (χ4v) is 5.81. The highest BCUT2D eigenvalue weighted by atomic mass is 16.4. The van der Waals surface area contributed by atoms with Crippen molar-refractivity contribution in [1.29, 1.82) is 0 Å². The molecule has 0 saturated heterocycles. The lowest BCUT2D eigenvalue weighted by Crippen LogP contribution is -2.39. The topological polar surface area (TPSA) is 122 Å². The van der Waals surface area contributed by atoms with E-state index >= 15 is 0 Å². The van der Waals surface area contributed by atoms with Gasteiger partial charge in [0.2, 0.25) is 0 Å². The van der Waals surface area contributed by atoms with Crippen LogP contribution in [0, 0.1) is 0 Å². The lowest BCUT2D eigenvalue weighted by Gasteiger charge is -2.26. The smallest absolute Gasteiger partial charge is 0.317 e. The standard InChI is InChI=1S/C40H38N2O6/c43-35-19-11-10-18-33(35)25-41(27-37(45)46)22-23-42(28-38(47)48)26-34-24-32(20-21-36(34)44)40(31-16-8-3-9-17-31)39(29-12-4-1-5-13-29)30-14-6-2-7-15-30/h1-21,24,43-44H,22-23,25-28H2,(H,45,46)(H,47,48). The summed E-state index contributed by atoms with van der Waals surface area (Å²) in [6, 6.07) is 42.4. The Morgan fingerprint density at radius 3 is 1.31 bits per heavy atom. The van der Waals surface area contributed by atoms with Gasteiger partial charge in [0, 0.05) is 37.3 Å². The van der Waals surface area contributed by atoms with Gasteiger partial charge in [-0.05, 0) is 51.6 Å². The fourth-order valence-electron chi connectivity index (χ4n) is 5.81. The Morgan fingerprint density at radius 2 is 0.854 bits per heavy atom. The quantitative estimate of drug-likeness (QED) is 0.0946. The van der Waals surface area contributed by atoms with E-state index in [-0.39, 0.29) is 50.8 Å². The SMILES string of the molecule is O=C(O)CN(CCN(CC(=O)O)Cc1cc(C(=C(c2ccccc2)c2ccccc2)c2ccccc2)ccc1O)Cc1ccccc1O. The number of para-hydroxylation sites is 1. The highest BCUT2D eigenvalue weighted by Crippen LogP contribution is 2.38. The Balaban J connectivity index is 1.52. The molecule has 5 rings (SSSR count). The first-order valence-corrected chi connectivity index (χ1v) is 15.7. The third kappa shape index (κ3) is 8.97. The van der Waals surface area contributed by atoms with E-state index < -0.39 is 11.9 Å². The molecule has 0 aliphatic heterocycles. The average Bonchev–Trinajstić information content (AvgIpc) is 3.08. The largest absolute Gasteiger partial charge is 0.508 e. The Kier molecular flexibility index (Phi) is 11.4. The Hall–Kier alpha value is -5.70. The number of aromatic hydroxyl groups is 2. The van der Waals surface area contributed by atoms with Gasteiger partial charge in [0.1, 0.15) is 11.5 Å². The first kappa shape index (κ1) is 33.7. The average molecular weight is 643 g/mol. The van der Waals surface area contributed by atoms with Crippen LogP contribution in [0.5, 0.6) is 11.5 Å². The maximum atomic E-state index is 12.0. The van der Waals surface area contributed by atoms with Crippen LogP contribution in [0.25, 0.3) is 11.1 Å². The number of carbonyl (C=O) groups is 2. The van der Waals surface area contributed by atoms with Crippen LogP contribution in [0.2, 0.25) is 0 Å². The molecule has 5 aromatic rings. The summed E-state index contributed by atoms with van der Waals surface area (Å²) in [5.41, 5.74) is 6.94. The van der Waals surface area contributed by atoms with Crippen molar-refractivity contribution in [3.05, 3.63) is 167 Å². The maximum Gasteiger partial charge on any atom is 0.317 e. The normalized spacial score (nSPS) is 11.0. The Morgan fingerprint density at radius 1 is 0.458 bits per heavy atom. The first-order chi connectivity index (χ1) is 23.3. The van der Waals surface area contributed by atoms with Gasteiger partial charge >= 0.3 is 11.9 Å². The highest BCUT2D eigenvalue weighted by molar-refractivity contribution is 6.04. The molecule has 244 valence electrons. The van der Waals surface area contributed by atoms with Gasteiger partial charge in [-0.2, -0.15) is 0 Å². The summed E-state index contributed by atoms with van der Waals surface area (Å²) in [4.78, 5) is 26.9. The van der Waals surface area contributed by atoms with Gasteiger partial charge in [-0.3, -0.25) is 19.4 Å². The number of nitrogens with zero attached hydrogens (tertiary/aromatic N) is 2. The van der Waals surface area contributed by atoms with E-state index in [0.29, 0.717) is 11.1 Å². The molecule has 0 saturated carbocycles. The molecule has 8 heteroatoms. The molecular weight excluding hydrogens is 604 g/mol. The maximum absolute atomic E-state index is 12.0. The van der Waals surface area contributed by atoms with E-state index in [0.717, 1.165) is 33.4 Å². The number of phenolic OH excluding ortho intramolecular Hbond substituents is 2. The summed E-state index contributed by atoms with van der Waals surface area (Å²) >= 11 is 0. The van der Waals surface area contributed by atoms with Crippen molar-refractivity contribution in [1.82, 2.24) is 9.80 Å². The van der Waals surface area contributed by atoms with Crippen LogP contribution in [0.1, 0.15) is 33.4 Å². The third-order valence-corrected chi connectivity index (χ3v) is 8.04. The van der Waals surface area contributed by atoms with Crippen LogP contribution >= 0.6 is 0 Å². The highest BCUT2D eigenvalue weighted by Gasteiger charge is 2.20. The van der Waals surface area contributed by atoms with Crippen molar-refractivity contribution in [2.45, 2.75) is 13.1 Å². The fraction of sp³-hybridized carbons (Fsp3) is 0.150. The summed E-state index contributed by atoms with van der Waals surface area (Å²) in [7, 11) is 0. The van der Waals surface area contributed by atoms with Crippen molar-refractivity contribution < 1.29 is 30.0 Å². The predicted octanol–water partition coefficient (Wildman–Crippen LogP) is 6.58. The zero-order valence-corrected chi connectivity index (χ0v) is 26.4. The number of benzene rings is 5. The Labute approximate surface area is 280 Å². The molecule has 0 spiro atoms. The van der Waals surface area contributed by atoms with E-state index in [1.165, 1.54) is 0 Å². The molecule has 8 nitrogen and oxygen atoms in total. The van der Waals surface area contributed by atoms with Gasteiger partial charge in [-0.25, -0.2) is 0 Å². The van der Waals surface area contributed by atoms with E-state index in [1.807, 2.05) is 78.9 Å². The van der Waals surface area contributed by atoms with Crippen LogP contribution < -0.4 is 0 Å². The summed E-state index contributed by atoms with van der Waals surface area (Å²) < 4.78 is 0. The van der Waals surface area contributed by atoms with Crippen LogP contribution in [0.15, 0.2) is 133 Å². The van der Waals surface area contributed by atoms with Crippen LogP contribution in [0.3, 0.4) is 0 Å². The van der Waals surface area contributed by atoms with Crippen LogP contribution in [-0.4, -0.2) is 68.3 Å². The molecule has 0 heterocycles. The van der Waals surface area contributed by atoms with Crippen molar-refractivity contribution in [2.75, 3.05) is 26.2 Å². The van der Waals surface area contributed by atoms with Gasteiger partial charge in [0.15, 0.2) is 0 Å². The van der Waals surface area contributed by atoms with Gasteiger partial charge in [0.25, 0.3) is 0 Å². The molecule has 0 amide bonds. The summed E-state index contributed by atoms with van der Waals surface area (Å²) in [5, 5.41) is 40.6. The summed E-state index contributed by atoms with van der Waals surface area (Å²) in [5.74, 6) is -1.99. The lowest BCUT2D eigenvalue weighted by molar-refractivity contribution is -0.140. The van der Waals surface area contributed by atoms with E-state index in [1.54, 1.807) is 40.1 Å². The summed E-state index contributed by atoms with van der Waals surface area (Å²) in [6.45, 7) is 0.100. The van der Waals surface area contributed by atoms with Gasteiger partial charge < -0.3 is 20.4 Å². The number of carboxylic acids is 2. The predicted molar refractivity (Wildman–Crippen MR) is 186 cm³/mol. The zero-order chi connectivity index (χ0) is 33.9. The van der Waals surface area contributed by atoms with E-state index in [4.69, 9.17) is 0 Å². The summed E-state index contributed by atoms with van der Waals surface area (Å²) in [6.07, 6.45) is 0. The number of hydrogen-bond donors (Lipinski definition) is 4. The van der Waals surface area contributed by atoms with E-state index in [9.17, 15) is 30.0 Å². The lowest BCUT2D eigenvalue weighted by atomic mass is 9.85. The molecule has 0 bridgehead atoms. The molecule has 0 fully saturated rings. The second-order valence-electron chi connectivity index (χ2n) is 11.5. The molecule has 0 atom stereocenters. The molecule has 0 unspecified atom stereocenters. The minimum atomic E-state index is -1.04. The van der Waals surface area contributed by atoms with Crippen molar-refractivity contribution in [3.63, 3.8) is 0 Å². The van der Waals surface area contributed by atoms with Gasteiger partial charge in [0.05, 0.1) is 13.1 Å². The van der Waals surface area contributed by atoms with E-state index in [2.05, 4.69) is 24.3 Å². The van der Waals surface area contributed by atoms with Crippen molar-refractivity contribution in [3.8, 4) is 11.5 Å². The van der Waals surface area contributed by atoms with Crippen molar-refractivity contribution in [2.24, 2.45) is 0 Å². The molecular formula is C40H38N2O6. The molecule has 0 aromatic heterocycles. The third-order valence-electron chi connectivity index (χ3n) is 8.04. The minimum Gasteiger partial charge on any atom is -0.508 e.